The highest BCUT2D eigenvalue weighted by Crippen LogP contribution is 2.24. The van der Waals surface area contributed by atoms with Crippen molar-refractivity contribution in [1.29, 1.82) is 0 Å². The molecule has 1 aromatic carbocycles. The van der Waals surface area contributed by atoms with Gasteiger partial charge in [0.2, 0.25) is 10.0 Å². The first-order valence-corrected chi connectivity index (χ1v) is 11.4. The summed E-state index contributed by atoms with van der Waals surface area (Å²) in [6.45, 7) is 2.50. The molecule has 2 unspecified atom stereocenters. The van der Waals surface area contributed by atoms with Gasteiger partial charge in [-0.2, -0.15) is 0 Å². The summed E-state index contributed by atoms with van der Waals surface area (Å²) in [7, 11) is -3.67. The van der Waals surface area contributed by atoms with Crippen LogP contribution in [0.2, 0.25) is 0 Å². The normalized spacial score (nSPS) is 22.7. The molecule has 29 heavy (non-hydrogen) atoms. The summed E-state index contributed by atoms with van der Waals surface area (Å²) < 4.78 is 32.5. The number of benzene rings is 1. The van der Waals surface area contributed by atoms with Gasteiger partial charge in [-0.3, -0.25) is 15.6 Å². The van der Waals surface area contributed by atoms with Crippen LogP contribution in [-0.2, 0) is 16.6 Å². The van der Waals surface area contributed by atoms with Gasteiger partial charge in [0.05, 0.1) is 17.7 Å². The van der Waals surface area contributed by atoms with Crippen LogP contribution in [-0.4, -0.2) is 44.9 Å². The van der Waals surface area contributed by atoms with Gasteiger partial charge in [0.1, 0.15) is 5.76 Å². The van der Waals surface area contributed by atoms with Crippen molar-refractivity contribution in [3.63, 3.8) is 0 Å². The van der Waals surface area contributed by atoms with Gasteiger partial charge >= 0.3 is 0 Å². The first-order valence-electron chi connectivity index (χ1n) is 9.93. The van der Waals surface area contributed by atoms with Crippen LogP contribution in [0.3, 0.4) is 0 Å². The molecule has 3 heterocycles. The molecule has 0 bridgehead atoms. The Kier molecular flexibility index (Phi) is 6.00. The number of hydrogen-bond acceptors (Lipinski definition) is 6. The molecule has 2 fully saturated rings. The zero-order valence-electron chi connectivity index (χ0n) is 16.1. The Morgan fingerprint density at radius 2 is 2.03 bits per heavy atom. The molecule has 8 nitrogen and oxygen atoms in total. The number of likely N-dealkylation sites (tertiary alicyclic amines) is 1. The first-order chi connectivity index (χ1) is 14.0. The fourth-order valence-corrected chi connectivity index (χ4v) is 4.99. The maximum absolute atomic E-state index is 12.9. The minimum absolute atomic E-state index is 0.0480. The van der Waals surface area contributed by atoms with Gasteiger partial charge in [-0.25, -0.2) is 13.1 Å². The number of carbonyl (C=O) groups excluding carboxylic acids is 1. The van der Waals surface area contributed by atoms with Gasteiger partial charge < -0.3 is 9.32 Å². The summed E-state index contributed by atoms with van der Waals surface area (Å²) in [4.78, 5) is 14.9. The molecular formula is C20H26N4O4S. The second-order valence-electron chi connectivity index (χ2n) is 7.55. The summed E-state index contributed by atoms with van der Waals surface area (Å²) in [5.74, 6) is 0.924. The predicted molar refractivity (Wildman–Crippen MR) is 107 cm³/mol. The van der Waals surface area contributed by atoms with Crippen LogP contribution in [0.4, 0.5) is 0 Å². The van der Waals surface area contributed by atoms with E-state index in [1.807, 2.05) is 4.90 Å². The molecule has 3 N–H and O–H groups in total. The molecule has 156 valence electrons. The fraction of sp³-hybridized carbons (Fsp3) is 0.450. The lowest BCUT2D eigenvalue weighted by molar-refractivity contribution is 0.0649. The number of furan rings is 1. The maximum Gasteiger partial charge on any atom is 0.253 e. The molecule has 0 aliphatic carbocycles. The third-order valence-electron chi connectivity index (χ3n) is 5.61. The van der Waals surface area contributed by atoms with Crippen LogP contribution >= 0.6 is 0 Å². The van der Waals surface area contributed by atoms with Gasteiger partial charge in [-0.05, 0) is 61.6 Å². The zero-order chi connectivity index (χ0) is 20.3. The lowest BCUT2D eigenvalue weighted by Crippen LogP contribution is -2.47. The molecule has 1 aromatic heterocycles. The van der Waals surface area contributed by atoms with Gasteiger partial charge in [-0.15, -0.1) is 0 Å². The average molecular weight is 419 g/mol. The van der Waals surface area contributed by atoms with Crippen molar-refractivity contribution >= 4 is 15.9 Å². The Morgan fingerprint density at radius 1 is 1.21 bits per heavy atom. The molecular weight excluding hydrogens is 392 g/mol. The van der Waals surface area contributed by atoms with Crippen LogP contribution in [0.5, 0.6) is 0 Å². The molecule has 2 atom stereocenters. The zero-order valence-corrected chi connectivity index (χ0v) is 17.0. The molecule has 2 aromatic rings. The summed E-state index contributed by atoms with van der Waals surface area (Å²) in [5, 5.41) is 0. The van der Waals surface area contributed by atoms with Crippen LogP contribution < -0.4 is 15.6 Å². The van der Waals surface area contributed by atoms with E-state index in [0.717, 1.165) is 38.9 Å². The Bertz CT molecular complexity index is 922. The van der Waals surface area contributed by atoms with Crippen molar-refractivity contribution in [2.75, 3.05) is 19.6 Å². The minimum atomic E-state index is -3.67. The van der Waals surface area contributed by atoms with Crippen molar-refractivity contribution in [2.45, 2.75) is 36.7 Å². The number of rotatable bonds is 6. The standard InChI is InChI=1S/C20H26N4O4S/c25-20(24-11-1-3-16(14-24)19-9-10-21-23-19)15-5-7-18(8-6-15)29(26,27)22-13-17-4-2-12-28-17/h2,4-8,12,16,19,21-23H,1,3,9-11,13-14H2. The molecule has 2 aliphatic rings. The molecule has 0 radical (unpaired) electrons. The van der Waals surface area contributed by atoms with Crippen molar-refractivity contribution in [3.05, 3.63) is 54.0 Å². The van der Waals surface area contributed by atoms with E-state index in [9.17, 15) is 13.2 Å². The Morgan fingerprint density at radius 3 is 2.72 bits per heavy atom. The Labute approximate surface area is 170 Å². The van der Waals surface area contributed by atoms with E-state index in [4.69, 9.17) is 4.42 Å². The number of amides is 1. The van der Waals surface area contributed by atoms with Crippen LogP contribution in [0.15, 0.2) is 52.0 Å². The molecule has 4 rings (SSSR count). The summed E-state index contributed by atoms with van der Waals surface area (Å²) in [5.41, 5.74) is 6.97. The second-order valence-corrected chi connectivity index (χ2v) is 9.32. The summed E-state index contributed by atoms with van der Waals surface area (Å²) >= 11 is 0. The van der Waals surface area contributed by atoms with E-state index in [2.05, 4.69) is 15.6 Å². The predicted octanol–water partition coefficient (Wildman–Crippen LogP) is 1.48. The number of piperidine rings is 1. The minimum Gasteiger partial charge on any atom is -0.468 e. The largest absolute Gasteiger partial charge is 0.468 e. The third kappa shape index (κ3) is 4.69. The monoisotopic (exact) mass is 418 g/mol. The van der Waals surface area contributed by atoms with E-state index in [1.165, 1.54) is 18.4 Å². The quantitative estimate of drug-likeness (QED) is 0.657. The Balaban J connectivity index is 1.39. The molecule has 9 heteroatoms. The molecule has 0 saturated carbocycles. The van der Waals surface area contributed by atoms with E-state index >= 15 is 0 Å². The molecule has 0 spiro atoms. The highest BCUT2D eigenvalue weighted by molar-refractivity contribution is 7.89. The van der Waals surface area contributed by atoms with Gasteiger partial charge in [-0.1, -0.05) is 0 Å². The van der Waals surface area contributed by atoms with E-state index < -0.39 is 10.0 Å². The van der Waals surface area contributed by atoms with E-state index in [0.29, 0.717) is 23.3 Å². The first kappa shape index (κ1) is 20.1. The van der Waals surface area contributed by atoms with Crippen molar-refractivity contribution in [1.82, 2.24) is 20.5 Å². The average Bonchev–Trinajstić information content (AvgIpc) is 3.46. The van der Waals surface area contributed by atoms with E-state index in [-0.39, 0.29) is 17.3 Å². The number of hydrazine groups is 1. The summed E-state index contributed by atoms with van der Waals surface area (Å²) in [6, 6.07) is 9.93. The van der Waals surface area contributed by atoms with Crippen LogP contribution in [0, 0.1) is 5.92 Å². The molecule has 1 amide bonds. The van der Waals surface area contributed by atoms with Crippen molar-refractivity contribution < 1.29 is 17.6 Å². The number of nitrogens with one attached hydrogen (secondary N) is 3. The lowest BCUT2D eigenvalue weighted by atomic mass is 9.89. The Hall–Kier alpha value is -2.20. The molecule has 2 saturated heterocycles. The van der Waals surface area contributed by atoms with Crippen LogP contribution in [0.25, 0.3) is 0 Å². The number of nitrogens with zero attached hydrogens (tertiary/aromatic N) is 1. The lowest BCUT2D eigenvalue weighted by Gasteiger charge is -2.35. The van der Waals surface area contributed by atoms with Gasteiger partial charge in [0, 0.05) is 31.2 Å². The number of carbonyl (C=O) groups is 1. The van der Waals surface area contributed by atoms with Crippen molar-refractivity contribution in [2.24, 2.45) is 5.92 Å². The second kappa shape index (κ2) is 8.66. The molecule has 2 aliphatic heterocycles. The summed E-state index contributed by atoms with van der Waals surface area (Å²) in [6.07, 6.45) is 4.66. The highest BCUT2D eigenvalue weighted by Gasteiger charge is 2.31. The van der Waals surface area contributed by atoms with Gasteiger partial charge in [0.15, 0.2) is 0 Å². The number of sulfonamides is 1. The number of hydrogen-bond donors (Lipinski definition) is 3. The SMILES string of the molecule is O=C(c1ccc(S(=O)(=O)NCc2ccco2)cc1)N1CCCC(C2CCNN2)C1. The topological polar surface area (TPSA) is 104 Å². The highest BCUT2D eigenvalue weighted by atomic mass is 32.2. The third-order valence-corrected chi connectivity index (χ3v) is 7.03. The smallest absolute Gasteiger partial charge is 0.253 e. The fourth-order valence-electron chi connectivity index (χ4n) is 4.00. The van der Waals surface area contributed by atoms with Gasteiger partial charge in [0.25, 0.3) is 5.91 Å². The maximum atomic E-state index is 12.9. The van der Waals surface area contributed by atoms with Crippen molar-refractivity contribution in [3.8, 4) is 0 Å². The van der Waals surface area contributed by atoms with E-state index in [1.54, 1.807) is 24.3 Å². The van der Waals surface area contributed by atoms with Crippen LogP contribution in [0.1, 0.15) is 35.4 Å².